The van der Waals surface area contributed by atoms with Crippen molar-refractivity contribution in [3.63, 3.8) is 0 Å². The Morgan fingerprint density at radius 1 is 1.15 bits per heavy atom. The summed E-state index contributed by atoms with van der Waals surface area (Å²) in [4.78, 5) is 19.0. The number of pyridine rings is 1. The molecular weight excluding hydrogens is 336 g/mol. The van der Waals surface area contributed by atoms with Crippen LogP contribution < -0.4 is 0 Å². The van der Waals surface area contributed by atoms with Crippen molar-refractivity contribution in [1.82, 2.24) is 19.7 Å². The highest BCUT2D eigenvalue weighted by molar-refractivity contribution is 5.96. The molecule has 0 spiro atoms. The zero-order valence-corrected chi connectivity index (χ0v) is 17.0. The molecule has 2 aromatic heterocycles. The number of hydrogen-bond acceptors (Lipinski definition) is 3. The second-order valence-corrected chi connectivity index (χ2v) is 8.43. The van der Waals surface area contributed by atoms with Crippen molar-refractivity contribution in [1.29, 1.82) is 0 Å². The van der Waals surface area contributed by atoms with E-state index in [1.165, 1.54) is 5.56 Å². The lowest BCUT2D eigenvalue weighted by molar-refractivity contribution is 0.0785. The van der Waals surface area contributed by atoms with Gasteiger partial charge in [-0.25, -0.2) is 9.67 Å². The van der Waals surface area contributed by atoms with Crippen molar-refractivity contribution in [3.8, 4) is 0 Å². The van der Waals surface area contributed by atoms with Crippen LogP contribution in [-0.4, -0.2) is 32.6 Å². The monoisotopic (exact) mass is 364 g/mol. The third-order valence-corrected chi connectivity index (χ3v) is 4.76. The normalized spacial score (nSPS) is 12.0. The summed E-state index contributed by atoms with van der Waals surface area (Å²) in [6, 6.07) is 10.6. The topological polar surface area (TPSA) is 51.0 Å². The Morgan fingerprint density at radius 2 is 1.81 bits per heavy atom. The van der Waals surface area contributed by atoms with Gasteiger partial charge in [0, 0.05) is 31.2 Å². The van der Waals surface area contributed by atoms with Gasteiger partial charge in [0.15, 0.2) is 5.65 Å². The third-order valence-electron chi connectivity index (χ3n) is 4.76. The number of benzene rings is 1. The van der Waals surface area contributed by atoms with Gasteiger partial charge >= 0.3 is 0 Å². The number of aromatic nitrogens is 3. The van der Waals surface area contributed by atoms with E-state index in [-0.39, 0.29) is 17.4 Å². The molecule has 5 nitrogen and oxygen atoms in total. The number of carbonyl (C=O) groups excluding carboxylic acids is 1. The molecule has 0 saturated heterocycles. The quantitative estimate of drug-likeness (QED) is 0.681. The molecule has 27 heavy (non-hydrogen) atoms. The molecular formula is C22H28N4O. The predicted molar refractivity (Wildman–Crippen MR) is 109 cm³/mol. The number of fused-ring (bicyclic) bond motifs is 1. The molecule has 2 heterocycles. The molecule has 0 aliphatic rings. The molecule has 0 bridgehead atoms. The van der Waals surface area contributed by atoms with Crippen molar-refractivity contribution < 1.29 is 4.79 Å². The molecule has 0 saturated carbocycles. The molecule has 0 fully saturated rings. The second kappa shape index (κ2) is 7.14. The number of rotatable bonds is 4. The van der Waals surface area contributed by atoms with Gasteiger partial charge in [0.2, 0.25) is 0 Å². The minimum atomic E-state index is -0.0402. The van der Waals surface area contributed by atoms with Gasteiger partial charge in [-0.3, -0.25) is 4.79 Å². The molecule has 0 unspecified atom stereocenters. The van der Waals surface area contributed by atoms with Gasteiger partial charge in [-0.2, -0.15) is 5.10 Å². The maximum absolute atomic E-state index is 12.8. The summed E-state index contributed by atoms with van der Waals surface area (Å²) in [6.07, 6.45) is 3.41. The number of carbonyl (C=O) groups is 1. The number of nitrogens with zero attached hydrogens (tertiary/aromatic N) is 4. The Labute approximate surface area is 161 Å². The van der Waals surface area contributed by atoms with E-state index in [0.717, 1.165) is 16.6 Å². The SMILES string of the molecule is CC(C)n1ncc2cc(C(=O)N(C)Cc3ccc(C(C)(C)C)cc3)cnc21. The summed E-state index contributed by atoms with van der Waals surface area (Å²) in [5.74, 6) is -0.0402. The van der Waals surface area contributed by atoms with E-state index < -0.39 is 0 Å². The Bertz CT molecular complexity index is 949. The molecule has 5 heteroatoms. The van der Waals surface area contributed by atoms with Gasteiger partial charge in [0.1, 0.15) is 0 Å². The molecule has 0 N–H and O–H groups in total. The van der Waals surface area contributed by atoms with E-state index in [1.807, 2.05) is 17.8 Å². The van der Waals surface area contributed by atoms with Crippen LogP contribution in [-0.2, 0) is 12.0 Å². The van der Waals surface area contributed by atoms with Crippen LogP contribution >= 0.6 is 0 Å². The minimum absolute atomic E-state index is 0.0402. The summed E-state index contributed by atoms with van der Waals surface area (Å²) in [6.45, 7) is 11.3. The Morgan fingerprint density at radius 3 is 2.41 bits per heavy atom. The van der Waals surface area contributed by atoms with Crippen molar-refractivity contribution in [2.75, 3.05) is 7.05 Å². The largest absolute Gasteiger partial charge is 0.337 e. The van der Waals surface area contributed by atoms with E-state index in [0.29, 0.717) is 12.1 Å². The zero-order valence-electron chi connectivity index (χ0n) is 17.0. The Hall–Kier alpha value is -2.69. The van der Waals surface area contributed by atoms with Gasteiger partial charge in [-0.15, -0.1) is 0 Å². The first-order valence-corrected chi connectivity index (χ1v) is 9.35. The van der Waals surface area contributed by atoms with Crippen LogP contribution in [0.5, 0.6) is 0 Å². The summed E-state index contributed by atoms with van der Waals surface area (Å²) in [5, 5.41) is 5.25. The number of amides is 1. The standard InChI is InChI=1S/C22H28N4O/c1-15(2)26-20-17(13-24-26)11-18(12-23-20)21(27)25(6)14-16-7-9-19(10-8-16)22(3,4)5/h7-13,15H,14H2,1-6H3. The van der Waals surface area contributed by atoms with Crippen molar-refractivity contribution in [3.05, 3.63) is 59.4 Å². The van der Waals surface area contributed by atoms with Crippen LogP contribution in [0.15, 0.2) is 42.7 Å². The van der Waals surface area contributed by atoms with E-state index >= 15 is 0 Å². The van der Waals surface area contributed by atoms with Gasteiger partial charge in [0.05, 0.1) is 11.8 Å². The fourth-order valence-electron chi connectivity index (χ4n) is 3.11. The summed E-state index contributed by atoms with van der Waals surface area (Å²) in [7, 11) is 1.82. The minimum Gasteiger partial charge on any atom is -0.337 e. The second-order valence-electron chi connectivity index (χ2n) is 8.43. The van der Waals surface area contributed by atoms with Crippen molar-refractivity contribution in [2.24, 2.45) is 0 Å². The van der Waals surface area contributed by atoms with Crippen molar-refractivity contribution >= 4 is 16.9 Å². The molecule has 1 aromatic carbocycles. The van der Waals surface area contributed by atoms with Gasteiger partial charge in [-0.1, -0.05) is 45.0 Å². The highest BCUT2D eigenvalue weighted by Gasteiger charge is 2.17. The molecule has 0 atom stereocenters. The maximum atomic E-state index is 12.8. The summed E-state index contributed by atoms with van der Waals surface area (Å²) in [5.41, 5.74) is 3.92. The molecule has 0 radical (unpaired) electrons. The lowest BCUT2D eigenvalue weighted by Crippen LogP contribution is -2.26. The average molecular weight is 364 g/mol. The highest BCUT2D eigenvalue weighted by Crippen LogP contribution is 2.23. The average Bonchev–Trinajstić information content (AvgIpc) is 3.04. The third kappa shape index (κ3) is 4.02. The zero-order chi connectivity index (χ0) is 19.8. The van der Waals surface area contributed by atoms with Crippen LogP contribution in [0.2, 0.25) is 0 Å². The van der Waals surface area contributed by atoms with E-state index in [9.17, 15) is 4.79 Å². The smallest absolute Gasteiger partial charge is 0.255 e. The molecule has 3 aromatic rings. The lowest BCUT2D eigenvalue weighted by Gasteiger charge is -2.21. The van der Waals surface area contributed by atoms with E-state index in [2.05, 4.69) is 69.0 Å². The molecule has 3 rings (SSSR count). The Balaban J connectivity index is 1.76. The fraction of sp³-hybridized carbons (Fsp3) is 0.409. The first-order valence-electron chi connectivity index (χ1n) is 9.35. The molecule has 0 aliphatic carbocycles. The highest BCUT2D eigenvalue weighted by atomic mass is 16.2. The number of hydrogen-bond donors (Lipinski definition) is 0. The van der Waals surface area contributed by atoms with E-state index in [1.54, 1.807) is 17.3 Å². The van der Waals surface area contributed by atoms with Crippen LogP contribution in [0.4, 0.5) is 0 Å². The van der Waals surface area contributed by atoms with Crippen LogP contribution in [0, 0.1) is 0 Å². The molecule has 142 valence electrons. The predicted octanol–water partition coefficient (Wildman–Crippen LogP) is 4.58. The first-order chi connectivity index (χ1) is 12.7. The Kier molecular flexibility index (Phi) is 5.05. The molecule has 1 amide bonds. The summed E-state index contributed by atoms with van der Waals surface area (Å²) < 4.78 is 1.87. The lowest BCUT2D eigenvalue weighted by atomic mass is 9.87. The van der Waals surface area contributed by atoms with Gasteiger partial charge in [0.25, 0.3) is 5.91 Å². The fourth-order valence-corrected chi connectivity index (χ4v) is 3.11. The van der Waals surface area contributed by atoms with E-state index in [4.69, 9.17) is 0 Å². The van der Waals surface area contributed by atoms with Crippen LogP contribution in [0.3, 0.4) is 0 Å². The molecule has 0 aliphatic heterocycles. The van der Waals surface area contributed by atoms with Gasteiger partial charge in [-0.05, 0) is 36.5 Å². The summed E-state index contributed by atoms with van der Waals surface area (Å²) >= 11 is 0. The van der Waals surface area contributed by atoms with Crippen LogP contribution in [0.25, 0.3) is 11.0 Å². The van der Waals surface area contributed by atoms with Crippen molar-refractivity contribution in [2.45, 2.75) is 52.6 Å². The van der Waals surface area contributed by atoms with Gasteiger partial charge < -0.3 is 4.90 Å². The van der Waals surface area contributed by atoms with Crippen LogP contribution in [0.1, 0.15) is 62.1 Å². The first kappa shape index (κ1) is 19.1. The maximum Gasteiger partial charge on any atom is 0.255 e.